The van der Waals surface area contributed by atoms with Gasteiger partial charge in [0.05, 0.1) is 12.2 Å². The molecule has 2 heteroatoms. The van der Waals surface area contributed by atoms with E-state index in [0.29, 0.717) is 12.2 Å². The zero-order valence-corrected chi connectivity index (χ0v) is 8.45. The van der Waals surface area contributed by atoms with Gasteiger partial charge < -0.3 is 4.74 Å². The van der Waals surface area contributed by atoms with Crippen LogP contribution in [-0.4, -0.2) is 12.6 Å². The Bertz CT molecular complexity index is 305. The molecule has 1 aromatic rings. The minimum Gasteiger partial charge on any atom is -0.462 e. The van der Waals surface area contributed by atoms with Crippen molar-refractivity contribution < 1.29 is 9.53 Å². The Kier molecular flexibility index (Phi) is 4.17. The highest BCUT2D eigenvalue weighted by Crippen LogP contribution is 2.08. The second kappa shape index (κ2) is 5.43. The lowest BCUT2D eigenvalue weighted by molar-refractivity contribution is 0.0526. The fourth-order valence-electron chi connectivity index (χ4n) is 1.27. The lowest BCUT2D eigenvalue weighted by atomic mass is 10.1. The summed E-state index contributed by atoms with van der Waals surface area (Å²) < 4.78 is 4.91. The molecule has 0 spiro atoms. The summed E-state index contributed by atoms with van der Waals surface area (Å²) in [6, 6.07) is 7.50. The minimum atomic E-state index is -0.251. The summed E-state index contributed by atoms with van der Waals surface area (Å²) in [5, 5.41) is 0. The molecule has 14 heavy (non-hydrogen) atoms. The fourth-order valence-corrected chi connectivity index (χ4v) is 1.27. The molecule has 0 saturated carbocycles. The molecule has 0 N–H and O–H groups in total. The first-order chi connectivity index (χ1) is 6.77. The number of benzene rings is 1. The van der Waals surface area contributed by atoms with Crippen molar-refractivity contribution in [3.05, 3.63) is 42.3 Å². The highest BCUT2D eigenvalue weighted by Gasteiger charge is 2.05. The van der Waals surface area contributed by atoms with Gasteiger partial charge in [-0.3, -0.25) is 0 Å². The van der Waals surface area contributed by atoms with Gasteiger partial charge in [0.1, 0.15) is 0 Å². The Morgan fingerprint density at radius 3 is 2.93 bits per heavy atom. The third-order valence-electron chi connectivity index (χ3n) is 1.90. The minimum absolute atomic E-state index is 0.251. The maximum Gasteiger partial charge on any atom is 0.338 e. The van der Waals surface area contributed by atoms with Crippen LogP contribution in [0, 0.1) is 6.92 Å². The van der Waals surface area contributed by atoms with E-state index < -0.39 is 0 Å². The van der Waals surface area contributed by atoms with Crippen LogP contribution in [0.2, 0.25) is 0 Å². The van der Waals surface area contributed by atoms with E-state index in [1.54, 1.807) is 13.0 Å². The van der Waals surface area contributed by atoms with Crippen LogP contribution in [0.25, 0.3) is 0 Å². The van der Waals surface area contributed by atoms with Gasteiger partial charge in [0.2, 0.25) is 0 Å². The Morgan fingerprint density at radius 1 is 1.50 bits per heavy atom. The first-order valence-corrected chi connectivity index (χ1v) is 4.83. The predicted molar refractivity (Wildman–Crippen MR) is 56.1 cm³/mol. The van der Waals surface area contributed by atoms with Crippen LogP contribution in [0.5, 0.6) is 0 Å². The summed E-state index contributed by atoms with van der Waals surface area (Å²) in [5.74, 6) is -0.251. The molecule has 2 nitrogen and oxygen atoms in total. The molecule has 1 rings (SSSR count). The average molecular weight is 191 g/mol. The van der Waals surface area contributed by atoms with Gasteiger partial charge in [0, 0.05) is 0 Å². The number of carbonyl (C=O) groups is 1. The van der Waals surface area contributed by atoms with Crippen LogP contribution in [0.1, 0.15) is 29.3 Å². The molecule has 1 radical (unpaired) electrons. The van der Waals surface area contributed by atoms with Gasteiger partial charge in [-0.25, -0.2) is 4.79 Å². The maximum atomic E-state index is 11.4. The second-order valence-electron chi connectivity index (χ2n) is 3.02. The number of esters is 1. The summed E-state index contributed by atoms with van der Waals surface area (Å²) >= 11 is 0. The van der Waals surface area contributed by atoms with Gasteiger partial charge in [0.25, 0.3) is 0 Å². The molecule has 0 heterocycles. The van der Waals surface area contributed by atoms with Crippen LogP contribution in [0.4, 0.5) is 0 Å². The summed E-state index contributed by atoms with van der Waals surface area (Å²) in [4.78, 5) is 11.4. The van der Waals surface area contributed by atoms with Crippen LogP contribution in [0.15, 0.2) is 24.3 Å². The SMILES string of the molecule is [CH2]CCc1cccc(C(=O)OCC)c1. The van der Waals surface area contributed by atoms with Crippen LogP contribution in [0.3, 0.4) is 0 Å². The highest BCUT2D eigenvalue weighted by atomic mass is 16.5. The third kappa shape index (κ3) is 2.87. The van der Waals surface area contributed by atoms with E-state index in [1.807, 2.05) is 18.2 Å². The van der Waals surface area contributed by atoms with Crippen LogP contribution in [-0.2, 0) is 11.2 Å². The highest BCUT2D eigenvalue weighted by molar-refractivity contribution is 5.89. The molecular weight excluding hydrogens is 176 g/mol. The molecule has 0 aromatic heterocycles. The van der Waals surface area contributed by atoms with Gasteiger partial charge in [-0.15, -0.1) is 0 Å². The molecule has 0 aliphatic rings. The van der Waals surface area contributed by atoms with E-state index in [-0.39, 0.29) is 5.97 Å². The quantitative estimate of drug-likeness (QED) is 0.684. The van der Waals surface area contributed by atoms with Crippen molar-refractivity contribution in [1.82, 2.24) is 0 Å². The van der Waals surface area contributed by atoms with Gasteiger partial charge in [0.15, 0.2) is 0 Å². The molecule has 0 unspecified atom stereocenters. The normalized spacial score (nSPS) is 9.86. The Morgan fingerprint density at radius 2 is 2.29 bits per heavy atom. The molecule has 1 aromatic carbocycles. The molecule has 0 aliphatic carbocycles. The number of carbonyl (C=O) groups excluding carboxylic acids is 1. The second-order valence-corrected chi connectivity index (χ2v) is 3.02. The topological polar surface area (TPSA) is 26.3 Å². The van der Waals surface area contributed by atoms with Crippen molar-refractivity contribution in [2.24, 2.45) is 0 Å². The molecule has 0 amide bonds. The Balaban J connectivity index is 2.77. The number of hydrogen-bond acceptors (Lipinski definition) is 2. The molecule has 0 aliphatic heterocycles. The third-order valence-corrected chi connectivity index (χ3v) is 1.90. The van der Waals surface area contributed by atoms with Crippen molar-refractivity contribution in [3.63, 3.8) is 0 Å². The molecule has 0 bridgehead atoms. The first-order valence-electron chi connectivity index (χ1n) is 4.83. The van der Waals surface area contributed by atoms with Gasteiger partial charge in [-0.2, -0.15) is 0 Å². The molecule has 75 valence electrons. The van der Waals surface area contributed by atoms with Crippen molar-refractivity contribution in [3.8, 4) is 0 Å². The molecule has 0 atom stereocenters. The van der Waals surface area contributed by atoms with Gasteiger partial charge >= 0.3 is 5.97 Å². The average Bonchev–Trinajstić information content (AvgIpc) is 2.19. The molecular formula is C12H15O2. The van der Waals surface area contributed by atoms with Crippen molar-refractivity contribution in [2.75, 3.05) is 6.61 Å². The number of ether oxygens (including phenoxy) is 1. The van der Waals surface area contributed by atoms with Crippen molar-refractivity contribution >= 4 is 5.97 Å². The van der Waals surface area contributed by atoms with E-state index in [4.69, 9.17) is 4.74 Å². The van der Waals surface area contributed by atoms with Gasteiger partial charge in [-0.1, -0.05) is 19.1 Å². The number of aryl methyl sites for hydroxylation is 1. The Hall–Kier alpha value is -1.31. The first kappa shape index (κ1) is 10.8. The van der Waals surface area contributed by atoms with Crippen LogP contribution >= 0.6 is 0 Å². The zero-order valence-electron chi connectivity index (χ0n) is 8.45. The van der Waals surface area contributed by atoms with E-state index in [0.717, 1.165) is 18.4 Å². The van der Waals surface area contributed by atoms with E-state index in [1.165, 1.54) is 0 Å². The van der Waals surface area contributed by atoms with Crippen molar-refractivity contribution in [2.45, 2.75) is 19.8 Å². The predicted octanol–water partition coefficient (Wildman–Crippen LogP) is 2.63. The van der Waals surface area contributed by atoms with Crippen LogP contribution < -0.4 is 0 Å². The fraction of sp³-hybridized carbons (Fsp3) is 0.333. The monoisotopic (exact) mass is 191 g/mol. The van der Waals surface area contributed by atoms with E-state index in [9.17, 15) is 4.79 Å². The standard InChI is InChI=1S/C12H15O2/c1-3-6-10-7-5-8-11(9-10)12(13)14-4-2/h5,7-9H,1,3-4,6H2,2H3. The van der Waals surface area contributed by atoms with E-state index in [2.05, 4.69) is 6.92 Å². The van der Waals surface area contributed by atoms with E-state index >= 15 is 0 Å². The zero-order chi connectivity index (χ0) is 10.4. The molecule has 0 saturated heterocycles. The Labute approximate surface area is 84.9 Å². The summed E-state index contributed by atoms with van der Waals surface area (Å²) in [7, 11) is 0. The summed E-state index contributed by atoms with van der Waals surface area (Å²) in [6.07, 6.45) is 1.74. The lowest BCUT2D eigenvalue weighted by Gasteiger charge is -2.03. The molecule has 0 fully saturated rings. The smallest absolute Gasteiger partial charge is 0.338 e. The summed E-state index contributed by atoms with van der Waals surface area (Å²) in [5.41, 5.74) is 1.75. The number of rotatable bonds is 4. The number of hydrogen-bond donors (Lipinski definition) is 0. The maximum absolute atomic E-state index is 11.4. The largest absolute Gasteiger partial charge is 0.462 e. The lowest BCUT2D eigenvalue weighted by Crippen LogP contribution is -2.04. The van der Waals surface area contributed by atoms with Gasteiger partial charge in [-0.05, 0) is 37.5 Å². The summed E-state index contributed by atoms with van der Waals surface area (Å²) in [6.45, 7) is 5.99. The van der Waals surface area contributed by atoms with Crippen molar-refractivity contribution in [1.29, 1.82) is 0 Å².